The van der Waals surface area contributed by atoms with Crippen molar-refractivity contribution in [1.82, 2.24) is 5.32 Å². The Bertz CT molecular complexity index is 743. The van der Waals surface area contributed by atoms with Gasteiger partial charge < -0.3 is 5.32 Å². The van der Waals surface area contributed by atoms with Crippen molar-refractivity contribution in [2.75, 3.05) is 6.54 Å². The van der Waals surface area contributed by atoms with Crippen molar-refractivity contribution in [2.45, 2.75) is 24.8 Å². The molecule has 0 unspecified atom stereocenters. The molecule has 0 aliphatic rings. The van der Waals surface area contributed by atoms with Gasteiger partial charge in [0.2, 0.25) is 10.0 Å². The number of aryl methyl sites for hydroxylation is 1. The molecule has 0 aliphatic carbocycles. The average molecular weight is 322 g/mol. The summed E-state index contributed by atoms with van der Waals surface area (Å²) in [6, 6.07) is 11.7. The molecule has 4 nitrogen and oxygen atoms in total. The lowest BCUT2D eigenvalue weighted by molar-refractivity contribution is 0.597. The van der Waals surface area contributed by atoms with Gasteiger partial charge in [0.1, 0.15) is 5.82 Å². The highest BCUT2D eigenvalue weighted by molar-refractivity contribution is 7.89. The molecule has 0 bridgehead atoms. The van der Waals surface area contributed by atoms with E-state index < -0.39 is 10.0 Å². The molecule has 118 valence electrons. The second-order valence-corrected chi connectivity index (χ2v) is 6.76. The first-order chi connectivity index (χ1) is 10.4. The van der Waals surface area contributed by atoms with Crippen LogP contribution in [0.5, 0.6) is 0 Å². The zero-order chi connectivity index (χ0) is 16.2. The topological polar surface area (TPSA) is 72.2 Å². The highest BCUT2D eigenvalue weighted by Crippen LogP contribution is 2.10. The fraction of sp³-hybridized carbons (Fsp3) is 0.250. The number of sulfonamides is 1. The summed E-state index contributed by atoms with van der Waals surface area (Å²) < 4.78 is 35.7. The van der Waals surface area contributed by atoms with Gasteiger partial charge in [-0.15, -0.1) is 0 Å². The fourth-order valence-corrected chi connectivity index (χ4v) is 2.57. The number of nitrogens with one attached hydrogen (secondary N) is 1. The first-order valence-electron chi connectivity index (χ1n) is 6.94. The highest BCUT2D eigenvalue weighted by atomic mass is 32.2. The number of nitrogens with two attached hydrogens (primary N) is 1. The van der Waals surface area contributed by atoms with Crippen LogP contribution in [0.1, 0.15) is 16.7 Å². The molecule has 0 saturated heterocycles. The molecule has 0 radical (unpaired) electrons. The van der Waals surface area contributed by atoms with Crippen molar-refractivity contribution in [3.63, 3.8) is 0 Å². The van der Waals surface area contributed by atoms with Crippen LogP contribution in [0.2, 0.25) is 0 Å². The lowest BCUT2D eigenvalue weighted by Crippen LogP contribution is -2.17. The first kappa shape index (κ1) is 16.6. The smallest absolute Gasteiger partial charge is 0.238 e. The van der Waals surface area contributed by atoms with E-state index in [1.807, 2.05) is 6.07 Å². The largest absolute Gasteiger partial charge is 0.312 e. The Kier molecular flexibility index (Phi) is 5.28. The maximum atomic E-state index is 13.4. The summed E-state index contributed by atoms with van der Waals surface area (Å²) in [6.07, 6.45) is 0.749. The van der Waals surface area contributed by atoms with Crippen LogP contribution >= 0.6 is 0 Å². The molecule has 3 N–H and O–H groups in total. The third-order valence-corrected chi connectivity index (χ3v) is 4.34. The van der Waals surface area contributed by atoms with Crippen LogP contribution in [0.15, 0.2) is 47.4 Å². The van der Waals surface area contributed by atoms with Crippen molar-refractivity contribution in [1.29, 1.82) is 0 Å². The van der Waals surface area contributed by atoms with Gasteiger partial charge in [-0.25, -0.2) is 17.9 Å². The van der Waals surface area contributed by atoms with Crippen molar-refractivity contribution < 1.29 is 12.8 Å². The van der Waals surface area contributed by atoms with Crippen LogP contribution in [0.25, 0.3) is 0 Å². The van der Waals surface area contributed by atoms with Gasteiger partial charge in [-0.05, 0) is 54.8 Å². The second-order valence-electron chi connectivity index (χ2n) is 5.20. The quantitative estimate of drug-likeness (QED) is 0.800. The van der Waals surface area contributed by atoms with Crippen LogP contribution in [0.4, 0.5) is 4.39 Å². The van der Waals surface area contributed by atoms with E-state index in [4.69, 9.17) is 5.14 Å². The van der Waals surface area contributed by atoms with Crippen LogP contribution in [0.3, 0.4) is 0 Å². The van der Waals surface area contributed by atoms with E-state index in [1.165, 1.54) is 18.2 Å². The van der Waals surface area contributed by atoms with Gasteiger partial charge >= 0.3 is 0 Å². The summed E-state index contributed by atoms with van der Waals surface area (Å²) >= 11 is 0. The predicted octanol–water partition coefficient (Wildman–Crippen LogP) is 2.11. The van der Waals surface area contributed by atoms with Gasteiger partial charge in [-0.1, -0.05) is 24.3 Å². The van der Waals surface area contributed by atoms with Crippen molar-refractivity contribution >= 4 is 10.0 Å². The molecule has 0 saturated carbocycles. The monoisotopic (exact) mass is 322 g/mol. The molecule has 0 fully saturated rings. The Hall–Kier alpha value is -1.76. The van der Waals surface area contributed by atoms with Crippen molar-refractivity contribution in [2.24, 2.45) is 5.14 Å². The zero-order valence-electron chi connectivity index (χ0n) is 12.3. The van der Waals surface area contributed by atoms with E-state index in [0.717, 1.165) is 17.5 Å². The average Bonchev–Trinajstić information content (AvgIpc) is 2.47. The predicted molar refractivity (Wildman–Crippen MR) is 84.4 cm³/mol. The maximum absolute atomic E-state index is 13.4. The standard InChI is InChI=1S/C16H19FN2O2S/c1-12-2-3-14(10-16(12)17)11-19-9-8-13-4-6-15(7-5-13)22(18,20)21/h2-7,10,19H,8-9,11H2,1H3,(H2,18,20,21). The van der Waals surface area contributed by atoms with E-state index in [9.17, 15) is 12.8 Å². The second kappa shape index (κ2) is 7.00. The summed E-state index contributed by atoms with van der Waals surface area (Å²) in [5.41, 5.74) is 2.54. The Morgan fingerprint density at radius 2 is 1.73 bits per heavy atom. The highest BCUT2D eigenvalue weighted by Gasteiger charge is 2.06. The van der Waals surface area contributed by atoms with E-state index in [-0.39, 0.29) is 10.7 Å². The number of benzene rings is 2. The Balaban J connectivity index is 1.82. The molecule has 0 atom stereocenters. The van der Waals surface area contributed by atoms with Crippen LogP contribution < -0.4 is 10.5 Å². The van der Waals surface area contributed by atoms with Gasteiger partial charge in [0.15, 0.2) is 0 Å². The number of primary sulfonamides is 1. The third-order valence-electron chi connectivity index (χ3n) is 3.41. The summed E-state index contributed by atoms with van der Waals surface area (Å²) in [6.45, 7) is 3.04. The molecule has 2 aromatic rings. The molecule has 0 aliphatic heterocycles. The first-order valence-corrected chi connectivity index (χ1v) is 8.48. The molecule has 0 aromatic heterocycles. The Labute approximate surface area is 130 Å². The summed E-state index contributed by atoms with van der Waals surface area (Å²) in [5, 5.41) is 8.28. The van der Waals surface area contributed by atoms with Crippen molar-refractivity contribution in [3.8, 4) is 0 Å². The Morgan fingerprint density at radius 1 is 1.09 bits per heavy atom. The molecular weight excluding hydrogens is 303 g/mol. The normalized spacial score (nSPS) is 11.6. The summed E-state index contributed by atoms with van der Waals surface area (Å²) in [7, 11) is -3.64. The van der Waals surface area contributed by atoms with Gasteiger partial charge in [0, 0.05) is 6.54 Å². The fourth-order valence-electron chi connectivity index (χ4n) is 2.06. The molecule has 2 aromatic carbocycles. The minimum absolute atomic E-state index is 0.110. The van der Waals surface area contributed by atoms with Gasteiger partial charge in [0.05, 0.1) is 4.90 Å². The number of hydrogen-bond acceptors (Lipinski definition) is 3. The Morgan fingerprint density at radius 3 is 2.32 bits per heavy atom. The zero-order valence-corrected chi connectivity index (χ0v) is 13.2. The van der Waals surface area contributed by atoms with Crippen LogP contribution in [-0.2, 0) is 23.0 Å². The molecule has 22 heavy (non-hydrogen) atoms. The minimum atomic E-state index is -3.64. The molecule has 6 heteroatoms. The summed E-state index contributed by atoms with van der Waals surface area (Å²) in [4.78, 5) is 0.110. The lowest BCUT2D eigenvalue weighted by atomic mass is 10.1. The third kappa shape index (κ3) is 4.62. The molecule has 2 rings (SSSR count). The molecule has 0 amide bonds. The van der Waals surface area contributed by atoms with Crippen LogP contribution in [0, 0.1) is 12.7 Å². The van der Waals surface area contributed by atoms with Gasteiger partial charge in [0.25, 0.3) is 0 Å². The number of rotatable bonds is 6. The SMILES string of the molecule is Cc1ccc(CNCCc2ccc(S(N)(=O)=O)cc2)cc1F. The van der Waals surface area contributed by atoms with Gasteiger partial charge in [-0.3, -0.25) is 0 Å². The number of hydrogen-bond donors (Lipinski definition) is 2. The molecule has 0 spiro atoms. The lowest BCUT2D eigenvalue weighted by Gasteiger charge is -2.07. The van der Waals surface area contributed by atoms with E-state index >= 15 is 0 Å². The maximum Gasteiger partial charge on any atom is 0.238 e. The molecule has 0 heterocycles. The van der Waals surface area contributed by atoms with E-state index in [1.54, 1.807) is 25.1 Å². The summed E-state index contributed by atoms with van der Waals surface area (Å²) in [5.74, 6) is -0.196. The van der Waals surface area contributed by atoms with Crippen LogP contribution in [-0.4, -0.2) is 15.0 Å². The number of halogens is 1. The van der Waals surface area contributed by atoms with E-state index in [2.05, 4.69) is 5.32 Å². The van der Waals surface area contributed by atoms with E-state index in [0.29, 0.717) is 18.7 Å². The molecular formula is C16H19FN2O2S. The van der Waals surface area contributed by atoms with Gasteiger partial charge in [-0.2, -0.15) is 0 Å². The minimum Gasteiger partial charge on any atom is -0.312 e. The van der Waals surface area contributed by atoms with Crippen molar-refractivity contribution in [3.05, 3.63) is 65.0 Å².